The smallest absolute Gasteiger partial charge is 0.417 e. The van der Waals surface area contributed by atoms with Gasteiger partial charge in [-0.3, -0.25) is 9.97 Å². The molecule has 0 amide bonds. The topological polar surface area (TPSA) is 90.0 Å². The van der Waals surface area contributed by atoms with E-state index in [0.29, 0.717) is 22.6 Å². The predicted octanol–water partition coefficient (Wildman–Crippen LogP) is 5.90. The molecule has 0 unspecified atom stereocenters. The van der Waals surface area contributed by atoms with Crippen LogP contribution in [0.25, 0.3) is 22.8 Å². The van der Waals surface area contributed by atoms with Gasteiger partial charge in [0, 0.05) is 29.0 Å². The Hall–Kier alpha value is -5.43. The van der Waals surface area contributed by atoms with Crippen molar-refractivity contribution in [2.24, 2.45) is 0 Å². The second-order valence-electron chi connectivity index (χ2n) is 8.67. The minimum absolute atomic E-state index is 0.0521. The molecule has 0 aliphatic carbocycles. The van der Waals surface area contributed by atoms with Crippen LogP contribution in [0.2, 0.25) is 0 Å². The number of hydrogen-bond donors (Lipinski definition) is 1. The Labute approximate surface area is 232 Å². The van der Waals surface area contributed by atoms with Crippen LogP contribution in [-0.2, 0) is 12.8 Å². The molecule has 0 aliphatic rings. The number of methoxy groups -OCH3 is 1. The Morgan fingerprint density at radius 1 is 0.878 bits per heavy atom. The van der Waals surface area contributed by atoms with Crippen molar-refractivity contribution in [3.63, 3.8) is 0 Å². The number of H-pyrrole nitrogens is 1. The van der Waals surface area contributed by atoms with Crippen molar-refractivity contribution in [2.45, 2.75) is 12.8 Å². The van der Waals surface area contributed by atoms with Crippen LogP contribution in [0, 0.1) is 11.8 Å². The van der Waals surface area contributed by atoms with Crippen molar-refractivity contribution in [3.05, 3.63) is 124 Å². The SMILES string of the molecule is COc1ccnc(COc2cccc(C(F)(F)F)c2-c2nc(-c3ccc(C#Cc4ccccc4)cc3)nc(=O)[nH]2)c1. The number of rotatable bonds is 6. The Bertz CT molecular complexity index is 1790. The highest BCUT2D eigenvalue weighted by Crippen LogP contribution is 2.41. The summed E-state index contributed by atoms with van der Waals surface area (Å²) in [6.45, 7) is -0.154. The molecule has 3 aromatic carbocycles. The van der Waals surface area contributed by atoms with Gasteiger partial charge in [-0.05, 0) is 54.6 Å². The minimum Gasteiger partial charge on any atom is -0.497 e. The summed E-state index contributed by atoms with van der Waals surface area (Å²) in [5.74, 6) is 6.08. The van der Waals surface area contributed by atoms with Crippen LogP contribution < -0.4 is 15.2 Å². The number of aromatic amines is 1. The van der Waals surface area contributed by atoms with E-state index in [-0.39, 0.29) is 24.0 Å². The first-order valence-electron chi connectivity index (χ1n) is 12.3. The average Bonchev–Trinajstić information content (AvgIpc) is 2.99. The van der Waals surface area contributed by atoms with Gasteiger partial charge in [0.1, 0.15) is 23.9 Å². The molecule has 0 radical (unpaired) electrons. The fourth-order valence-electron chi connectivity index (χ4n) is 3.95. The van der Waals surface area contributed by atoms with Crippen LogP contribution in [0.4, 0.5) is 13.2 Å². The predicted molar refractivity (Wildman–Crippen MR) is 146 cm³/mol. The number of nitrogens with one attached hydrogen (secondary N) is 1. The zero-order valence-corrected chi connectivity index (χ0v) is 21.6. The van der Waals surface area contributed by atoms with E-state index in [4.69, 9.17) is 9.47 Å². The standard InChI is InChI=1S/C31H21F3N4O3/c1-40-24-16-17-35-23(18-24)19-41-26-9-5-8-25(31(32,33)34)27(26)29-36-28(37-30(39)38-29)22-14-12-21(13-15-22)11-10-20-6-3-2-4-7-20/h2-9,12-18H,19H2,1H3,(H,36,37,38,39). The number of pyridine rings is 1. The summed E-state index contributed by atoms with van der Waals surface area (Å²) >= 11 is 0. The van der Waals surface area contributed by atoms with Gasteiger partial charge in [-0.1, -0.05) is 36.1 Å². The fraction of sp³-hybridized carbons (Fsp3) is 0.0968. The zero-order chi connectivity index (χ0) is 28.8. The third-order valence-electron chi connectivity index (χ3n) is 5.89. The molecule has 0 bridgehead atoms. The highest BCUT2D eigenvalue weighted by Gasteiger charge is 2.36. The second kappa shape index (κ2) is 11.8. The van der Waals surface area contributed by atoms with Gasteiger partial charge in [-0.15, -0.1) is 0 Å². The van der Waals surface area contributed by atoms with Crippen LogP contribution >= 0.6 is 0 Å². The summed E-state index contributed by atoms with van der Waals surface area (Å²) in [5.41, 5.74) is 0.0922. The summed E-state index contributed by atoms with van der Waals surface area (Å²) in [4.78, 5) is 27.2. The molecular formula is C31H21F3N4O3. The summed E-state index contributed by atoms with van der Waals surface area (Å²) in [6, 6.07) is 22.9. The molecule has 2 heterocycles. The second-order valence-corrected chi connectivity index (χ2v) is 8.67. The Morgan fingerprint density at radius 3 is 2.32 bits per heavy atom. The summed E-state index contributed by atoms with van der Waals surface area (Å²) < 4.78 is 53.2. The van der Waals surface area contributed by atoms with E-state index in [1.54, 1.807) is 36.4 Å². The maximum atomic E-state index is 14.1. The minimum atomic E-state index is -4.76. The lowest BCUT2D eigenvalue weighted by atomic mass is 10.0. The van der Waals surface area contributed by atoms with E-state index in [1.165, 1.54) is 25.4 Å². The summed E-state index contributed by atoms with van der Waals surface area (Å²) in [5, 5.41) is 0. The first-order valence-corrected chi connectivity index (χ1v) is 12.3. The van der Waals surface area contributed by atoms with E-state index in [0.717, 1.165) is 11.6 Å². The highest BCUT2D eigenvalue weighted by atomic mass is 19.4. The van der Waals surface area contributed by atoms with Gasteiger partial charge in [0.25, 0.3) is 0 Å². The van der Waals surface area contributed by atoms with E-state index >= 15 is 0 Å². The first-order chi connectivity index (χ1) is 19.8. The van der Waals surface area contributed by atoms with Gasteiger partial charge in [0.05, 0.1) is 23.9 Å². The zero-order valence-electron chi connectivity index (χ0n) is 21.6. The number of benzene rings is 3. The van der Waals surface area contributed by atoms with Crippen molar-refractivity contribution in [3.8, 4) is 46.1 Å². The molecule has 7 nitrogen and oxygen atoms in total. The third kappa shape index (κ3) is 6.59. The molecule has 2 aromatic heterocycles. The molecule has 0 spiro atoms. The van der Waals surface area contributed by atoms with Crippen molar-refractivity contribution < 1.29 is 22.6 Å². The third-order valence-corrected chi connectivity index (χ3v) is 5.89. The van der Waals surface area contributed by atoms with Crippen LogP contribution in [0.5, 0.6) is 11.5 Å². The lowest BCUT2D eigenvalue weighted by Gasteiger charge is -2.17. The Morgan fingerprint density at radius 2 is 1.61 bits per heavy atom. The molecule has 41 heavy (non-hydrogen) atoms. The van der Waals surface area contributed by atoms with Crippen molar-refractivity contribution in [2.75, 3.05) is 7.11 Å². The van der Waals surface area contributed by atoms with Gasteiger partial charge >= 0.3 is 11.9 Å². The number of ether oxygens (including phenoxy) is 2. The first kappa shape index (κ1) is 27.1. The maximum absolute atomic E-state index is 14.1. The molecule has 0 atom stereocenters. The van der Waals surface area contributed by atoms with Gasteiger partial charge in [0.15, 0.2) is 5.82 Å². The van der Waals surface area contributed by atoms with Gasteiger partial charge in [0.2, 0.25) is 0 Å². The monoisotopic (exact) mass is 554 g/mol. The van der Waals surface area contributed by atoms with Crippen LogP contribution in [0.3, 0.4) is 0 Å². The maximum Gasteiger partial charge on any atom is 0.417 e. The van der Waals surface area contributed by atoms with E-state index in [2.05, 4.69) is 31.8 Å². The Kier molecular flexibility index (Phi) is 7.78. The molecule has 204 valence electrons. The highest BCUT2D eigenvalue weighted by molar-refractivity contribution is 5.71. The molecule has 5 aromatic rings. The van der Waals surface area contributed by atoms with E-state index in [9.17, 15) is 18.0 Å². The lowest BCUT2D eigenvalue weighted by Crippen LogP contribution is -2.17. The van der Waals surface area contributed by atoms with E-state index in [1.807, 2.05) is 30.3 Å². The van der Waals surface area contributed by atoms with E-state index < -0.39 is 23.0 Å². The lowest BCUT2D eigenvalue weighted by molar-refractivity contribution is -0.137. The Balaban J connectivity index is 1.51. The number of alkyl halides is 3. The molecule has 0 aliphatic heterocycles. The normalized spacial score (nSPS) is 10.9. The van der Waals surface area contributed by atoms with Gasteiger partial charge in [-0.2, -0.15) is 18.2 Å². The van der Waals surface area contributed by atoms with Gasteiger partial charge in [-0.25, -0.2) is 9.78 Å². The molecule has 0 saturated heterocycles. The number of hydrogen-bond acceptors (Lipinski definition) is 6. The molecule has 5 rings (SSSR count). The van der Waals surface area contributed by atoms with Crippen molar-refractivity contribution in [1.82, 2.24) is 19.9 Å². The molecule has 1 N–H and O–H groups in total. The molecule has 10 heteroatoms. The fourth-order valence-corrected chi connectivity index (χ4v) is 3.95. The number of aromatic nitrogens is 4. The quantitative estimate of drug-likeness (QED) is 0.263. The number of halogens is 3. The average molecular weight is 555 g/mol. The molecular weight excluding hydrogens is 533 g/mol. The summed E-state index contributed by atoms with van der Waals surface area (Å²) in [6.07, 6.45) is -3.26. The van der Waals surface area contributed by atoms with Crippen LogP contribution in [-0.4, -0.2) is 27.0 Å². The van der Waals surface area contributed by atoms with Crippen molar-refractivity contribution in [1.29, 1.82) is 0 Å². The molecule has 0 saturated carbocycles. The van der Waals surface area contributed by atoms with Crippen molar-refractivity contribution >= 4 is 0 Å². The number of nitrogens with zero attached hydrogens (tertiary/aromatic N) is 3. The summed E-state index contributed by atoms with van der Waals surface area (Å²) in [7, 11) is 1.49. The van der Waals surface area contributed by atoms with Gasteiger partial charge < -0.3 is 9.47 Å². The van der Waals surface area contributed by atoms with Crippen LogP contribution in [0.15, 0.2) is 95.9 Å². The van der Waals surface area contributed by atoms with Crippen LogP contribution in [0.1, 0.15) is 22.4 Å². The molecule has 0 fully saturated rings. The largest absolute Gasteiger partial charge is 0.497 e.